The van der Waals surface area contributed by atoms with Gasteiger partial charge in [0.25, 0.3) is 0 Å². The Labute approximate surface area is 203 Å². The summed E-state index contributed by atoms with van der Waals surface area (Å²) in [5.74, 6) is -0.00940. The van der Waals surface area contributed by atoms with Crippen molar-refractivity contribution in [3.63, 3.8) is 0 Å². The summed E-state index contributed by atoms with van der Waals surface area (Å²) < 4.78 is 56.7. The van der Waals surface area contributed by atoms with Crippen molar-refractivity contribution in [1.29, 1.82) is 0 Å². The number of fused-ring (bicyclic) bond motifs is 1. The average Bonchev–Trinajstić information content (AvgIpc) is 3.25. The Morgan fingerprint density at radius 1 is 1.09 bits per heavy atom. The molecule has 1 atom stereocenters. The van der Waals surface area contributed by atoms with E-state index < -0.39 is 11.7 Å². The number of nitrogens with two attached hydrogens (primary N) is 1. The molecule has 2 aromatic carbocycles. The molecule has 0 radical (unpaired) electrons. The number of allylic oxidation sites excluding steroid dienone is 4. The molecule has 0 bridgehead atoms. The first-order chi connectivity index (χ1) is 16.5. The van der Waals surface area contributed by atoms with Gasteiger partial charge in [0.1, 0.15) is 5.82 Å². The summed E-state index contributed by atoms with van der Waals surface area (Å²) in [6.07, 6.45) is 1.11. The van der Waals surface area contributed by atoms with E-state index >= 15 is 4.39 Å². The van der Waals surface area contributed by atoms with Crippen molar-refractivity contribution >= 4 is 22.2 Å². The van der Waals surface area contributed by atoms with Crippen LogP contribution in [-0.2, 0) is 0 Å². The lowest BCUT2D eigenvalue weighted by Crippen LogP contribution is -2.14. The second-order valence-corrected chi connectivity index (χ2v) is 9.69. The van der Waals surface area contributed by atoms with E-state index in [1.165, 1.54) is 12.1 Å². The third kappa shape index (κ3) is 4.93. The minimum Gasteiger partial charge on any atom is -0.399 e. The van der Waals surface area contributed by atoms with Crippen LogP contribution in [0.2, 0.25) is 0 Å². The molecule has 2 nitrogen and oxygen atoms in total. The van der Waals surface area contributed by atoms with E-state index in [0.29, 0.717) is 22.7 Å². The molecular weight excluding hydrogens is 452 g/mol. The Morgan fingerprint density at radius 3 is 2.31 bits per heavy atom. The largest absolute Gasteiger partial charge is 0.412 e. The van der Waals surface area contributed by atoms with E-state index in [4.69, 9.17) is 5.73 Å². The highest BCUT2D eigenvalue weighted by Gasteiger charge is 2.34. The summed E-state index contributed by atoms with van der Waals surface area (Å²) in [6.45, 7) is 9.95. The summed E-state index contributed by atoms with van der Waals surface area (Å²) in [7, 11) is 0. The highest BCUT2D eigenvalue weighted by molar-refractivity contribution is 5.90. The Balaban J connectivity index is 1.79. The minimum absolute atomic E-state index is 0.0847. The first-order valence-electron chi connectivity index (χ1n) is 11.8. The summed E-state index contributed by atoms with van der Waals surface area (Å²) in [5, 5.41) is 0.771. The predicted molar refractivity (Wildman–Crippen MR) is 135 cm³/mol. The predicted octanol–water partition coefficient (Wildman–Crippen LogP) is 8.32. The number of rotatable bonds is 6. The van der Waals surface area contributed by atoms with E-state index in [1.54, 1.807) is 0 Å². The maximum atomic E-state index is 15.7. The summed E-state index contributed by atoms with van der Waals surface area (Å²) in [6, 6.07) is 11.1. The van der Waals surface area contributed by atoms with Crippen molar-refractivity contribution in [3.05, 3.63) is 95.0 Å². The highest BCUT2D eigenvalue weighted by atomic mass is 19.4. The van der Waals surface area contributed by atoms with Gasteiger partial charge < -0.3 is 10.3 Å². The zero-order valence-electron chi connectivity index (χ0n) is 20.2. The number of benzene rings is 2. The molecule has 2 N–H and O–H groups in total. The lowest BCUT2D eigenvalue weighted by molar-refractivity contribution is -0.0939. The fourth-order valence-corrected chi connectivity index (χ4v) is 4.92. The zero-order chi connectivity index (χ0) is 25.5. The van der Waals surface area contributed by atoms with Crippen LogP contribution in [0.4, 0.5) is 17.6 Å². The molecule has 0 amide bonds. The van der Waals surface area contributed by atoms with Gasteiger partial charge in [-0.15, -0.1) is 0 Å². The quantitative estimate of drug-likeness (QED) is 0.352. The molecule has 1 unspecified atom stereocenters. The van der Waals surface area contributed by atoms with Crippen LogP contribution in [0.25, 0.3) is 22.2 Å². The van der Waals surface area contributed by atoms with Gasteiger partial charge in [0.15, 0.2) is 0 Å². The molecule has 0 spiro atoms. The molecule has 0 aliphatic heterocycles. The molecule has 1 aliphatic rings. The van der Waals surface area contributed by atoms with Gasteiger partial charge in [-0.25, -0.2) is 4.39 Å². The van der Waals surface area contributed by atoms with Crippen LogP contribution in [0, 0.1) is 18.7 Å². The van der Waals surface area contributed by atoms with Crippen LogP contribution in [0.5, 0.6) is 0 Å². The molecular formula is C29H30F4N2. The third-order valence-corrected chi connectivity index (χ3v) is 6.78. The number of aryl methyl sites for hydroxylation is 1. The molecule has 0 saturated heterocycles. The van der Waals surface area contributed by atoms with Crippen LogP contribution in [-0.4, -0.2) is 10.7 Å². The first-order valence-corrected chi connectivity index (χ1v) is 11.8. The van der Waals surface area contributed by atoms with E-state index in [0.717, 1.165) is 40.1 Å². The second kappa shape index (κ2) is 9.40. The van der Waals surface area contributed by atoms with Gasteiger partial charge in [0.2, 0.25) is 0 Å². The normalized spacial score (nSPS) is 15.3. The average molecular weight is 483 g/mol. The van der Waals surface area contributed by atoms with Crippen LogP contribution in [0.1, 0.15) is 61.4 Å². The Kier molecular flexibility index (Phi) is 6.67. The summed E-state index contributed by atoms with van der Waals surface area (Å²) in [4.78, 5) is 0. The van der Waals surface area contributed by atoms with Crippen molar-refractivity contribution < 1.29 is 17.6 Å². The minimum atomic E-state index is -4.33. The number of aromatic nitrogens is 1. The van der Waals surface area contributed by atoms with Crippen molar-refractivity contribution in [2.45, 2.75) is 52.3 Å². The maximum Gasteiger partial charge on any atom is 0.412 e. The summed E-state index contributed by atoms with van der Waals surface area (Å²) >= 11 is 0. The van der Waals surface area contributed by atoms with E-state index in [1.807, 2.05) is 48.0 Å². The van der Waals surface area contributed by atoms with Gasteiger partial charge in [-0.05, 0) is 72.1 Å². The van der Waals surface area contributed by atoms with Crippen LogP contribution < -0.4 is 5.73 Å². The lowest BCUT2D eigenvalue weighted by atomic mass is 9.89. The molecule has 3 aromatic rings. The lowest BCUT2D eigenvalue weighted by Gasteiger charge is -2.24. The Bertz CT molecular complexity index is 1320. The number of halogens is 4. The first kappa shape index (κ1) is 24.8. The Morgan fingerprint density at radius 2 is 1.77 bits per heavy atom. The van der Waals surface area contributed by atoms with Gasteiger partial charge >= 0.3 is 6.18 Å². The van der Waals surface area contributed by atoms with Crippen molar-refractivity contribution in [1.82, 2.24) is 4.57 Å². The van der Waals surface area contributed by atoms with E-state index in [9.17, 15) is 13.2 Å². The molecule has 4 rings (SSSR count). The van der Waals surface area contributed by atoms with Gasteiger partial charge in [-0.1, -0.05) is 56.8 Å². The van der Waals surface area contributed by atoms with E-state index in [2.05, 4.69) is 20.4 Å². The fraction of sp³-hybridized carbons (Fsp3) is 0.310. The SMILES string of the molecule is C=C(N)c1ccc(C(CC(C)C)n2ccc3c(C)c(C4=CC=C(C(F)(F)F)CC4)cc(F)c32)cc1. The topological polar surface area (TPSA) is 30.9 Å². The molecule has 1 heterocycles. The van der Waals surface area contributed by atoms with Gasteiger partial charge in [0.05, 0.1) is 11.6 Å². The number of alkyl halides is 3. The van der Waals surface area contributed by atoms with Crippen LogP contribution in [0.15, 0.2) is 66.9 Å². The molecule has 35 heavy (non-hydrogen) atoms. The maximum absolute atomic E-state index is 15.7. The number of hydrogen-bond donors (Lipinski definition) is 1. The molecule has 184 valence electrons. The van der Waals surface area contributed by atoms with Gasteiger partial charge in [0, 0.05) is 22.9 Å². The Hall–Kier alpha value is -3.28. The van der Waals surface area contributed by atoms with Crippen molar-refractivity contribution in [2.24, 2.45) is 11.7 Å². The monoisotopic (exact) mass is 482 g/mol. The fourth-order valence-electron chi connectivity index (χ4n) is 4.92. The highest BCUT2D eigenvalue weighted by Crippen LogP contribution is 2.40. The second-order valence-electron chi connectivity index (χ2n) is 9.69. The molecule has 0 fully saturated rings. The summed E-state index contributed by atoms with van der Waals surface area (Å²) in [5.41, 5.74) is 10.4. The van der Waals surface area contributed by atoms with E-state index in [-0.39, 0.29) is 24.7 Å². The zero-order valence-corrected chi connectivity index (χ0v) is 20.2. The smallest absolute Gasteiger partial charge is 0.399 e. The molecule has 1 aliphatic carbocycles. The number of nitrogens with zero attached hydrogens (tertiary/aromatic N) is 1. The van der Waals surface area contributed by atoms with Crippen molar-refractivity contribution in [2.75, 3.05) is 0 Å². The van der Waals surface area contributed by atoms with Crippen LogP contribution in [0.3, 0.4) is 0 Å². The standard InChI is InChI=1S/C29H30F4N2/c1-17(2)15-27(22-7-5-20(6-8-22)19(4)34)35-14-13-24-18(3)25(16-26(30)28(24)35)21-9-11-23(12-10-21)29(31,32)33/h5-9,11,13-14,16-17,27H,4,10,12,15,34H2,1-3H3. The molecule has 0 saturated carbocycles. The third-order valence-electron chi connectivity index (χ3n) is 6.78. The molecule has 6 heteroatoms. The van der Waals surface area contributed by atoms with Crippen LogP contribution >= 0.6 is 0 Å². The van der Waals surface area contributed by atoms with Gasteiger partial charge in [-0.2, -0.15) is 13.2 Å². The van der Waals surface area contributed by atoms with Gasteiger partial charge in [-0.3, -0.25) is 0 Å². The number of hydrogen-bond acceptors (Lipinski definition) is 1. The molecule has 1 aromatic heterocycles. The van der Waals surface area contributed by atoms with Crippen molar-refractivity contribution in [3.8, 4) is 0 Å².